The molecule has 4 nitrogen and oxygen atoms in total. The van der Waals surface area contributed by atoms with E-state index in [4.69, 9.17) is 0 Å². The highest BCUT2D eigenvalue weighted by Gasteiger charge is 2.27. The summed E-state index contributed by atoms with van der Waals surface area (Å²) in [5, 5.41) is 5.96. The lowest BCUT2D eigenvalue weighted by molar-refractivity contribution is 0.195. The molecule has 4 heteroatoms. The predicted octanol–water partition coefficient (Wildman–Crippen LogP) is 2.71. The van der Waals surface area contributed by atoms with Crippen molar-refractivity contribution in [1.82, 2.24) is 15.6 Å². The monoisotopic (exact) mass is 261 g/mol. The third-order valence-corrected chi connectivity index (χ3v) is 4.18. The molecule has 0 bridgehead atoms. The summed E-state index contributed by atoms with van der Waals surface area (Å²) in [5.41, 5.74) is 0.878. The Labute approximate surface area is 115 Å². The minimum Gasteiger partial charge on any atom is -0.335 e. The molecule has 2 rings (SSSR count). The third-order valence-electron chi connectivity index (χ3n) is 4.18. The normalized spacial score (nSPS) is 26.7. The lowest BCUT2D eigenvalue weighted by atomic mass is 9.78. The van der Waals surface area contributed by atoms with E-state index >= 15 is 0 Å². The van der Waals surface area contributed by atoms with Crippen molar-refractivity contribution in [3.8, 4) is 0 Å². The van der Waals surface area contributed by atoms with Crippen molar-refractivity contribution in [2.75, 3.05) is 0 Å². The lowest BCUT2D eigenvalue weighted by Crippen LogP contribution is -2.47. The molecule has 3 atom stereocenters. The number of hydrogen-bond donors (Lipinski definition) is 2. The van der Waals surface area contributed by atoms with Crippen LogP contribution in [0.1, 0.15) is 38.8 Å². The van der Waals surface area contributed by atoms with Gasteiger partial charge in [0, 0.05) is 12.2 Å². The minimum atomic E-state index is -0.0865. The minimum absolute atomic E-state index is 0.0865. The van der Waals surface area contributed by atoms with E-state index in [1.54, 1.807) is 6.20 Å². The Hall–Kier alpha value is -1.58. The summed E-state index contributed by atoms with van der Waals surface area (Å²) in [6.07, 6.45) is 5.30. The van der Waals surface area contributed by atoms with Crippen molar-refractivity contribution in [1.29, 1.82) is 0 Å². The average molecular weight is 261 g/mol. The fourth-order valence-corrected chi connectivity index (χ4v) is 2.68. The highest BCUT2D eigenvalue weighted by atomic mass is 16.2. The van der Waals surface area contributed by atoms with Crippen LogP contribution in [-0.2, 0) is 6.54 Å². The molecule has 0 radical (unpaired) electrons. The molecule has 1 aromatic rings. The molecule has 0 aromatic carbocycles. The summed E-state index contributed by atoms with van der Waals surface area (Å²) in [5.74, 6) is 1.24. The molecule has 2 N–H and O–H groups in total. The molecule has 1 fully saturated rings. The third kappa shape index (κ3) is 3.94. The van der Waals surface area contributed by atoms with Gasteiger partial charge in [-0.05, 0) is 30.4 Å². The van der Waals surface area contributed by atoms with Gasteiger partial charge in [0.2, 0.25) is 0 Å². The van der Waals surface area contributed by atoms with Crippen LogP contribution in [0.25, 0.3) is 0 Å². The Morgan fingerprint density at radius 2 is 2.21 bits per heavy atom. The molecule has 1 aliphatic rings. The van der Waals surface area contributed by atoms with E-state index in [-0.39, 0.29) is 6.03 Å². The molecule has 1 heterocycles. The fraction of sp³-hybridized carbons (Fsp3) is 0.600. The van der Waals surface area contributed by atoms with E-state index in [9.17, 15) is 4.79 Å². The highest BCUT2D eigenvalue weighted by Crippen LogP contribution is 2.29. The summed E-state index contributed by atoms with van der Waals surface area (Å²) in [6.45, 7) is 4.97. The highest BCUT2D eigenvalue weighted by molar-refractivity contribution is 5.74. The van der Waals surface area contributed by atoms with Crippen molar-refractivity contribution in [2.24, 2.45) is 11.8 Å². The van der Waals surface area contributed by atoms with Gasteiger partial charge in [0.1, 0.15) is 0 Å². The first-order valence-corrected chi connectivity index (χ1v) is 7.11. The molecule has 0 saturated heterocycles. The van der Waals surface area contributed by atoms with Crippen molar-refractivity contribution >= 4 is 6.03 Å². The molecular weight excluding hydrogens is 238 g/mol. The number of pyridine rings is 1. The predicted molar refractivity (Wildman–Crippen MR) is 75.6 cm³/mol. The number of urea groups is 1. The van der Waals surface area contributed by atoms with Crippen molar-refractivity contribution in [3.63, 3.8) is 0 Å². The van der Waals surface area contributed by atoms with Gasteiger partial charge in [-0.2, -0.15) is 0 Å². The Kier molecular flexibility index (Phi) is 4.77. The SMILES string of the molecule is CC1CCCC(NC(=O)NCc2ccccn2)C1C. The zero-order valence-electron chi connectivity index (χ0n) is 11.7. The number of rotatable bonds is 3. The maximum atomic E-state index is 11.9. The van der Waals surface area contributed by atoms with Crippen LogP contribution in [0.15, 0.2) is 24.4 Å². The Morgan fingerprint density at radius 3 is 2.95 bits per heavy atom. The van der Waals surface area contributed by atoms with E-state index in [2.05, 4.69) is 29.5 Å². The van der Waals surface area contributed by atoms with Gasteiger partial charge in [-0.25, -0.2) is 4.79 Å². The van der Waals surface area contributed by atoms with Crippen molar-refractivity contribution in [2.45, 2.75) is 45.7 Å². The quantitative estimate of drug-likeness (QED) is 0.879. The van der Waals surface area contributed by atoms with Crippen LogP contribution >= 0.6 is 0 Å². The van der Waals surface area contributed by atoms with Crippen LogP contribution in [0.3, 0.4) is 0 Å². The van der Waals surface area contributed by atoms with Gasteiger partial charge in [0.05, 0.1) is 12.2 Å². The summed E-state index contributed by atoms with van der Waals surface area (Å²) < 4.78 is 0. The summed E-state index contributed by atoms with van der Waals surface area (Å²) in [4.78, 5) is 16.1. The van der Waals surface area contributed by atoms with E-state index in [1.807, 2.05) is 18.2 Å². The molecule has 104 valence electrons. The second kappa shape index (κ2) is 6.55. The largest absolute Gasteiger partial charge is 0.335 e. The summed E-state index contributed by atoms with van der Waals surface area (Å²) >= 11 is 0. The lowest BCUT2D eigenvalue weighted by Gasteiger charge is -2.34. The van der Waals surface area contributed by atoms with Gasteiger partial charge in [-0.3, -0.25) is 4.98 Å². The van der Waals surface area contributed by atoms with Crippen LogP contribution in [0.2, 0.25) is 0 Å². The average Bonchev–Trinajstić information content (AvgIpc) is 2.43. The van der Waals surface area contributed by atoms with Gasteiger partial charge in [-0.1, -0.05) is 32.8 Å². The zero-order chi connectivity index (χ0) is 13.7. The van der Waals surface area contributed by atoms with Crippen molar-refractivity contribution in [3.05, 3.63) is 30.1 Å². The number of nitrogens with zero attached hydrogens (tertiary/aromatic N) is 1. The first-order chi connectivity index (χ1) is 9.16. The van der Waals surface area contributed by atoms with Crippen LogP contribution in [-0.4, -0.2) is 17.1 Å². The topological polar surface area (TPSA) is 54.0 Å². The zero-order valence-corrected chi connectivity index (χ0v) is 11.7. The van der Waals surface area contributed by atoms with Gasteiger partial charge in [0.25, 0.3) is 0 Å². The van der Waals surface area contributed by atoms with Crippen LogP contribution < -0.4 is 10.6 Å². The maximum absolute atomic E-state index is 11.9. The number of carbonyl (C=O) groups excluding carboxylic acids is 1. The summed E-state index contributed by atoms with van der Waals surface area (Å²) in [6, 6.07) is 5.91. The smallest absolute Gasteiger partial charge is 0.315 e. The fourth-order valence-electron chi connectivity index (χ4n) is 2.68. The number of hydrogen-bond acceptors (Lipinski definition) is 2. The molecule has 0 aliphatic heterocycles. The van der Waals surface area contributed by atoms with Crippen LogP contribution in [0, 0.1) is 11.8 Å². The first-order valence-electron chi connectivity index (χ1n) is 7.11. The number of nitrogens with one attached hydrogen (secondary N) is 2. The molecule has 0 spiro atoms. The second-order valence-electron chi connectivity index (χ2n) is 5.52. The molecule has 19 heavy (non-hydrogen) atoms. The van der Waals surface area contributed by atoms with Crippen LogP contribution in [0.4, 0.5) is 4.79 Å². The van der Waals surface area contributed by atoms with Gasteiger partial charge in [0.15, 0.2) is 0 Å². The maximum Gasteiger partial charge on any atom is 0.315 e. The standard InChI is InChI=1S/C15H23N3O/c1-11-6-5-8-14(12(11)2)18-15(19)17-10-13-7-3-4-9-16-13/h3-4,7,9,11-12,14H,5-6,8,10H2,1-2H3,(H2,17,18,19). The second-order valence-corrected chi connectivity index (χ2v) is 5.52. The Bertz CT molecular complexity index is 407. The molecule has 1 saturated carbocycles. The first kappa shape index (κ1) is 13.8. The van der Waals surface area contributed by atoms with E-state index in [1.165, 1.54) is 12.8 Å². The molecule has 2 amide bonds. The van der Waals surface area contributed by atoms with E-state index in [0.29, 0.717) is 24.4 Å². The Morgan fingerprint density at radius 1 is 1.37 bits per heavy atom. The number of carbonyl (C=O) groups is 1. The van der Waals surface area contributed by atoms with E-state index in [0.717, 1.165) is 12.1 Å². The van der Waals surface area contributed by atoms with Gasteiger partial charge in [-0.15, -0.1) is 0 Å². The van der Waals surface area contributed by atoms with Gasteiger partial charge < -0.3 is 10.6 Å². The van der Waals surface area contributed by atoms with Crippen molar-refractivity contribution < 1.29 is 4.79 Å². The molecular formula is C15H23N3O. The Balaban J connectivity index is 1.78. The molecule has 1 aromatic heterocycles. The number of aromatic nitrogens is 1. The molecule has 3 unspecified atom stereocenters. The summed E-state index contributed by atoms with van der Waals surface area (Å²) in [7, 11) is 0. The number of amides is 2. The molecule has 1 aliphatic carbocycles. The van der Waals surface area contributed by atoms with E-state index < -0.39 is 0 Å². The van der Waals surface area contributed by atoms with Gasteiger partial charge >= 0.3 is 6.03 Å². The van der Waals surface area contributed by atoms with Crippen LogP contribution in [0.5, 0.6) is 0 Å².